The summed E-state index contributed by atoms with van der Waals surface area (Å²) in [4.78, 5) is 1.32. The van der Waals surface area contributed by atoms with Gasteiger partial charge in [-0.3, -0.25) is 0 Å². The largest absolute Gasteiger partial charge is 0.398 e. The predicted molar refractivity (Wildman–Crippen MR) is 59.4 cm³/mol. The number of nitrogens with two attached hydrogens (primary N) is 1. The van der Waals surface area contributed by atoms with Gasteiger partial charge in [0.2, 0.25) is 0 Å². The summed E-state index contributed by atoms with van der Waals surface area (Å²) >= 11 is 1.89. The summed E-state index contributed by atoms with van der Waals surface area (Å²) in [6, 6.07) is 4.44. The summed E-state index contributed by atoms with van der Waals surface area (Å²) in [7, 11) is 0. The Bertz CT molecular complexity index is 331. The molecule has 2 N–H and O–H groups in total. The van der Waals surface area contributed by atoms with Gasteiger partial charge in [-0.15, -0.1) is 11.8 Å². The van der Waals surface area contributed by atoms with Crippen molar-refractivity contribution in [1.29, 1.82) is 0 Å². The molecule has 1 heterocycles. The van der Waals surface area contributed by atoms with Gasteiger partial charge in [0.15, 0.2) is 0 Å². The molecular weight excluding hydrogens is 178 g/mol. The first-order valence-corrected chi connectivity index (χ1v) is 5.72. The first-order chi connectivity index (χ1) is 6.18. The van der Waals surface area contributed by atoms with E-state index in [-0.39, 0.29) is 0 Å². The number of hydrogen-bond donors (Lipinski definition) is 1. The van der Waals surface area contributed by atoms with Gasteiger partial charge in [0, 0.05) is 16.3 Å². The second-order valence-corrected chi connectivity index (χ2v) is 4.96. The van der Waals surface area contributed by atoms with Crippen molar-refractivity contribution in [2.45, 2.75) is 31.1 Å². The van der Waals surface area contributed by atoms with Crippen LogP contribution in [0.25, 0.3) is 0 Å². The predicted octanol–water partition coefficient (Wildman–Crippen LogP) is 3.04. The third-order valence-electron chi connectivity index (χ3n) is 2.50. The lowest BCUT2D eigenvalue weighted by atomic mass is 9.99. The molecule has 0 fully saturated rings. The number of fused-ring (bicyclic) bond motifs is 1. The van der Waals surface area contributed by atoms with Crippen LogP contribution in [-0.2, 0) is 6.42 Å². The molecule has 1 aromatic carbocycles. The topological polar surface area (TPSA) is 26.0 Å². The lowest BCUT2D eigenvalue weighted by Gasteiger charge is -2.10. The first-order valence-electron chi connectivity index (χ1n) is 4.73. The average molecular weight is 193 g/mol. The van der Waals surface area contributed by atoms with Crippen LogP contribution < -0.4 is 5.73 Å². The fourth-order valence-corrected chi connectivity index (χ4v) is 2.80. The maximum atomic E-state index is 5.99. The number of anilines is 1. The molecule has 1 aromatic rings. The molecule has 2 rings (SSSR count). The summed E-state index contributed by atoms with van der Waals surface area (Å²) in [5, 5.41) is 0. The van der Waals surface area contributed by atoms with Crippen LogP contribution in [0.1, 0.15) is 30.9 Å². The minimum atomic E-state index is 0.582. The van der Waals surface area contributed by atoms with Gasteiger partial charge in [0.1, 0.15) is 0 Å². The van der Waals surface area contributed by atoms with E-state index < -0.39 is 0 Å². The molecule has 0 saturated carbocycles. The number of rotatable bonds is 1. The van der Waals surface area contributed by atoms with Crippen LogP contribution in [-0.4, -0.2) is 5.75 Å². The standard InChI is InChI=1S/C11H15NS/c1-7(2)9-5-8-3-4-13-11(8)10(12)6-9/h5-7H,3-4,12H2,1-2H3. The van der Waals surface area contributed by atoms with Crippen LogP contribution in [0.5, 0.6) is 0 Å². The molecule has 1 aliphatic rings. The van der Waals surface area contributed by atoms with Crippen LogP contribution >= 0.6 is 11.8 Å². The van der Waals surface area contributed by atoms with Gasteiger partial charge in [0.05, 0.1) is 0 Å². The van der Waals surface area contributed by atoms with Gasteiger partial charge in [-0.25, -0.2) is 0 Å². The fraction of sp³-hybridized carbons (Fsp3) is 0.455. The normalized spacial score (nSPS) is 15.0. The van der Waals surface area contributed by atoms with Crippen molar-refractivity contribution in [1.82, 2.24) is 0 Å². The smallest absolute Gasteiger partial charge is 0.0457 e. The average Bonchev–Trinajstić information content (AvgIpc) is 2.51. The highest BCUT2D eigenvalue weighted by atomic mass is 32.2. The van der Waals surface area contributed by atoms with Crippen LogP contribution in [0.2, 0.25) is 0 Å². The molecule has 1 aliphatic heterocycles. The molecular formula is C11H15NS. The molecule has 70 valence electrons. The Morgan fingerprint density at radius 1 is 1.38 bits per heavy atom. The lowest BCUT2D eigenvalue weighted by Crippen LogP contribution is -1.95. The molecule has 0 aliphatic carbocycles. The maximum Gasteiger partial charge on any atom is 0.0457 e. The molecule has 1 nitrogen and oxygen atoms in total. The van der Waals surface area contributed by atoms with E-state index in [0.717, 1.165) is 5.69 Å². The highest BCUT2D eigenvalue weighted by Gasteiger charge is 2.15. The Morgan fingerprint density at radius 2 is 2.15 bits per heavy atom. The van der Waals surface area contributed by atoms with Crippen molar-refractivity contribution in [3.63, 3.8) is 0 Å². The zero-order valence-electron chi connectivity index (χ0n) is 8.13. The molecule has 13 heavy (non-hydrogen) atoms. The van der Waals surface area contributed by atoms with Crippen LogP contribution in [0.15, 0.2) is 17.0 Å². The zero-order valence-corrected chi connectivity index (χ0v) is 8.95. The van der Waals surface area contributed by atoms with Gasteiger partial charge in [-0.1, -0.05) is 19.9 Å². The monoisotopic (exact) mass is 193 g/mol. The summed E-state index contributed by atoms with van der Waals surface area (Å²) in [5.74, 6) is 1.78. The summed E-state index contributed by atoms with van der Waals surface area (Å²) in [6.07, 6.45) is 1.19. The third-order valence-corrected chi connectivity index (χ3v) is 3.70. The quantitative estimate of drug-likeness (QED) is 0.694. The number of nitrogen functional groups attached to an aromatic ring is 1. The summed E-state index contributed by atoms with van der Waals surface area (Å²) < 4.78 is 0. The molecule has 0 atom stereocenters. The van der Waals surface area contributed by atoms with E-state index >= 15 is 0 Å². The Morgan fingerprint density at radius 3 is 2.85 bits per heavy atom. The molecule has 0 radical (unpaired) electrons. The van der Waals surface area contributed by atoms with Crippen molar-refractivity contribution in [3.8, 4) is 0 Å². The highest BCUT2D eigenvalue weighted by molar-refractivity contribution is 7.99. The Hall–Kier alpha value is -0.630. The Labute approximate surface area is 83.7 Å². The van der Waals surface area contributed by atoms with Crippen molar-refractivity contribution in [2.24, 2.45) is 0 Å². The van der Waals surface area contributed by atoms with E-state index in [1.54, 1.807) is 0 Å². The molecule has 0 aromatic heterocycles. The highest BCUT2D eigenvalue weighted by Crippen LogP contribution is 2.38. The molecule has 0 saturated heterocycles. The third kappa shape index (κ3) is 1.55. The van der Waals surface area contributed by atoms with Gasteiger partial charge >= 0.3 is 0 Å². The van der Waals surface area contributed by atoms with Crippen LogP contribution in [0.3, 0.4) is 0 Å². The van der Waals surface area contributed by atoms with E-state index in [9.17, 15) is 0 Å². The van der Waals surface area contributed by atoms with Crippen molar-refractivity contribution in [3.05, 3.63) is 23.3 Å². The van der Waals surface area contributed by atoms with E-state index in [1.165, 1.54) is 28.2 Å². The van der Waals surface area contributed by atoms with Crippen molar-refractivity contribution >= 4 is 17.4 Å². The second-order valence-electron chi connectivity index (χ2n) is 3.85. The number of benzene rings is 1. The summed E-state index contributed by atoms with van der Waals surface area (Å²) in [5.41, 5.74) is 9.79. The number of thioether (sulfide) groups is 1. The molecule has 2 heteroatoms. The minimum Gasteiger partial charge on any atom is -0.398 e. The molecule has 0 unspecified atom stereocenters. The van der Waals surface area contributed by atoms with Gasteiger partial charge in [-0.05, 0) is 29.5 Å². The SMILES string of the molecule is CC(C)c1cc(N)c2c(c1)CCS2. The van der Waals surface area contributed by atoms with Gasteiger partial charge in [-0.2, -0.15) is 0 Å². The maximum absolute atomic E-state index is 5.99. The van der Waals surface area contributed by atoms with E-state index in [2.05, 4.69) is 26.0 Å². The minimum absolute atomic E-state index is 0.582. The van der Waals surface area contributed by atoms with Crippen molar-refractivity contribution in [2.75, 3.05) is 11.5 Å². The Kier molecular flexibility index (Phi) is 2.24. The van der Waals surface area contributed by atoms with Crippen LogP contribution in [0.4, 0.5) is 5.69 Å². The van der Waals surface area contributed by atoms with Crippen LogP contribution in [0, 0.1) is 0 Å². The zero-order chi connectivity index (χ0) is 9.42. The lowest BCUT2D eigenvalue weighted by molar-refractivity contribution is 0.861. The van der Waals surface area contributed by atoms with Gasteiger partial charge in [0.25, 0.3) is 0 Å². The Balaban J connectivity index is 2.49. The second kappa shape index (κ2) is 3.26. The molecule has 0 bridgehead atoms. The molecule has 0 amide bonds. The fourth-order valence-electron chi connectivity index (χ4n) is 1.70. The molecule has 0 spiro atoms. The van der Waals surface area contributed by atoms with Gasteiger partial charge < -0.3 is 5.73 Å². The van der Waals surface area contributed by atoms with E-state index in [0.29, 0.717) is 5.92 Å². The first kappa shape index (κ1) is 8.95. The number of aryl methyl sites for hydroxylation is 1. The van der Waals surface area contributed by atoms with E-state index in [1.807, 2.05) is 11.8 Å². The number of hydrogen-bond acceptors (Lipinski definition) is 2. The van der Waals surface area contributed by atoms with E-state index in [4.69, 9.17) is 5.73 Å². The van der Waals surface area contributed by atoms with Crippen molar-refractivity contribution < 1.29 is 0 Å². The summed E-state index contributed by atoms with van der Waals surface area (Å²) in [6.45, 7) is 4.42.